The van der Waals surface area contributed by atoms with Crippen LogP contribution in [0.3, 0.4) is 0 Å². The average molecular weight is 413 g/mol. The van der Waals surface area contributed by atoms with E-state index in [-0.39, 0.29) is 0 Å². The predicted octanol–water partition coefficient (Wildman–Crippen LogP) is -1.85. The molecule has 0 aromatic carbocycles. The van der Waals surface area contributed by atoms with E-state index in [2.05, 4.69) is 0 Å². The van der Waals surface area contributed by atoms with Crippen LogP contribution in [0.1, 0.15) is 39.5 Å². The summed E-state index contributed by atoms with van der Waals surface area (Å²) in [5, 5.41) is 2.64. The molecule has 0 aliphatic carbocycles. The molecule has 4 atom stereocenters. The summed E-state index contributed by atoms with van der Waals surface area (Å²) in [6, 6.07) is -3.38. The van der Waals surface area contributed by atoms with E-state index >= 15 is 0 Å². The second-order valence-corrected chi connectivity index (χ2v) is 6.96. The van der Waals surface area contributed by atoms with Crippen molar-refractivity contribution in [3.05, 3.63) is 0 Å². The normalized spacial score (nSPS) is 24.7. The molecule has 2 aliphatic rings. The van der Waals surface area contributed by atoms with E-state index in [9.17, 15) is 19.2 Å². The maximum Gasteiger partial charge on any atom is 0.525 e. The van der Waals surface area contributed by atoms with Gasteiger partial charge in [-0.3, -0.25) is 0 Å². The molecule has 161 valence electrons. The summed E-state index contributed by atoms with van der Waals surface area (Å²) in [5.41, 5.74) is 10.8. The maximum atomic E-state index is 12.1. The molecule has 13 heteroatoms. The molecule has 2 heterocycles. The van der Waals surface area contributed by atoms with Gasteiger partial charge < -0.3 is 30.5 Å². The zero-order valence-corrected chi connectivity index (χ0v) is 16.4. The highest BCUT2D eigenvalue weighted by atomic mass is 16.8. The van der Waals surface area contributed by atoms with Crippen LogP contribution in [0.5, 0.6) is 0 Å². The standard InChI is InChI=1S/C16H26BN4O8/c1-9(18)13(22)26-15(24)11-5-3-7-20(11)28-17-29-21-8-4-6-12(21)16(25)27-14(23)10(2)19/h9-12H,3-8,18-19H2,1-2H3/t9-,10-,11-,12-/m0/s1. The Labute approximate surface area is 168 Å². The quantitative estimate of drug-likeness (QED) is 0.260. The number of carbonyl (C=O) groups excluding carboxylic acids is 4. The van der Waals surface area contributed by atoms with Crippen LogP contribution < -0.4 is 11.5 Å². The number of hydrogen-bond donors (Lipinski definition) is 2. The number of hydroxylamine groups is 4. The highest BCUT2D eigenvalue weighted by Gasteiger charge is 2.37. The van der Waals surface area contributed by atoms with Gasteiger partial charge in [-0.15, -0.1) is 0 Å². The summed E-state index contributed by atoms with van der Waals surface area (Å²) < 4.78 is 20.1. The van der Waals surface area contributed by atoms with Crippen molar-refractivity contribution in [3.8, 4) is 0 Å². The number of nitrogens with zero attached hydrogens (tertiary/aromatic N) is 2. The SMILES string of the molecule is C[C@H](N)C(=O)OC(=O)[C@@H]1CCCN1O[B]ON1CCC[C@H]1C(=O)OC(=O)[C@H](C)N. The zero-order valence-electron chi connectivity index (χ0n) is 16.4. The van der Waals surface area contributed by atoms with E-state index < -0.39 is 48.0 Å². The van der Waals surface area contributed by atoms with Crippen LogP contribution in [-0.4, -0.2) is 78.9 Å². The molecule has 0 aromatic heterocycles. The van der Waals surface area contributed by atoms with Gasteiger partial charge >= 0.3 is 31.6 Å². The van der Waals surface area contributed by atoms with Crippen LogP contribution in [0.15, 0.2) is 0 Å². The van der Waals surface area contributed by atoms with Crippen molar-refractivity contribution >= 4 is 31.6 Å². The van der Waals surface area contributed by atoms with Crippen molar-refractivity contribution < 1.29 is 38.2 Å². The van der Waals surface area contributed by atoms with E-state index in [1.54, 1.807) is 0 Å². The number of hydrogen-bond acceptors (Lipinski definition) is 12. The van der Waals surface area contributed by atoms with Crippen molar-refractivity contribution in [1.29, 1.82) is 0 Å². The Morgan fingerprint density at radius 2 is 1.21 bits per heavy atom. The highest BCUT2D eigenvalue weighted by Crippen LogP contribution is 2.21. The zero-order chi connectivity index (χ0) is 21.6. The second kappa shape index (κ2) is 10.8. The fourth-order valence-electron chi connectivity index (χ4n) is 2.85. The van der Waals surface area contributed by atoms with Crippen LogP contribution in [0, 0.1) is 0 Å². The predicted molar refractivity (Wildman–Crippen MR) is 96.9 cm³/mol. The van der Waals surface area contributed by atoms with E-state index in [0.29, 0.717) is 38.8 Å². The van der Waals surface area contributed by atoms with Crippen molar-refractivity contribution in [3.63, 3.8) is 0 Å². The smallest absolute Gasteiger partial charge is 0.391 e. The van der Waals surface area contributed by atoms with Crippen molar-refractivity contribution in [2.45, 2.75) is 63.7 Å². The monoisotopic (exact) mass is 413 g/mol. The Hall–Kier alpha value is -1.90. The van der Waals surface area contributed by atoms with Crippen molar-refractivity contribution in [1.82, 2.24) is 10.1 Å². The lowest BCUT2D eigenvalue weighted by Crippen LogP contribution is -2.44. The van der Waals surface area contributed by atoms with Crippen LogP contribution in [0.25, 0.3) is 0 Å². The minimum absolute atomic E-state index is 0.417. The first kappa shape index (κ1) is 23.4. The topological polar surface area (TPSA) is 164 Å². The lowest BCUT2D eigenvalue weighted by Gasteiger charge is -2.25. The molecule has 2 aliphatic heterocycles. The largest absolute Gasteiger partial charge is 0.525 e. The number of nitrogens with two attached hydrogens (primary N) is 2. The molecule has 0 amide bonds. The molecule has 1 radical (unpaired) electrons. The van der Waals surface area contributed by atoms with Gasteiger partial charge in [-0.25, -0.2) is 19.2 Å². The lowest BCUT2D eigenvalue weighted by atomic mass is 10.2. The first-order valence-corrected chi connectivity index (χ1v) is 9.41. The molecule has 4 N–H and O–H groups in total. The van der Waals surface area contributed by atoms with Gasteiger partial charge in [-0.2, -0.15) is 10.1 Å². The summed E-state index contributed by atoms with van der Waals surface area (Å²) in [6.45, 7) is 3.67. The van der Waals surface area contributed by atoms with Gasteiger partial charge in [0.25, 0.3) is 0 Å². The fourth-order valence-corrected chi connectivity index (χ4v) is 2.85. The minimum Gasteiger partial charge on any atom is -0.391 e. The van der Waals surface area contributed by atoms with Gasteiger partial charge in [-0.1, -0.05) is 0 Å². The van der Waals surface area contributed by atoms with Crippen LogP contribution in [0.2, 0.25) is 0 Å². The molecule has 12 nitrogen and oxygen atoms in total. The average Bonchev–Trinajstić information content (AvgIpc) is 3.30. The molecular formula is C16H26BN4O8. The van der Waals surface area contributed by atoms with E-state index in [1.165, 1.54) is 24.0 Å². The van der Waals surface area contributed by atoms with E-state index in [0.717, 1.165) is 7.69 Å². The number of esters is 4. The Kier molecular flexibility index (Phi) is 8.68. The number of ether oxygens (including phenoxy) is 2. The van der Waals surface area contributed by atoms with E-state index in [4.69, 9.17) is 30.5 Å². The van der Waals surface area contributed by atoms with Crippen LogP contribution >= 0.6 is 0 Å². The molecule has 0 spiro atoms. The Morgan fingerprint density at radius 3 is 1.55 bits per heavy atom. The number of carbonyl (C=O) groups is 4. The molecule has 0 bridgehead atoms. The number of rotatable bonds is 8. The van der Waals surface area contributed by atoms with Gasteiger partial charge in [0.2, 0.25) is 0 Å². The third-order valence-corrected chi connectivity index (χ3v) is 4.45. The molecule has 2 saturated heterocycles. The van der Waals surface area contributed by atoms with Gasteiger partial charge in [0, 0.05) is 13.1 Å². The van der Waals surface area contributed by atoms with E-state index in [1.807, 2.05) is 0 Å². The molecule has 0 saturated carbocycles. The Morgan fingerprint density at radius 1 is 0.828 bits per heavy atom. The molecule has 29 heavy (non-hydrogen) atoms. The fraction of sp³-hybridized carbons (Fsp3) is 0.750. The third kappa shape index (κ3) is 6.55. The van der Waals surface area contributed by atoms with Crippen molar-refractivity contribution in [2.24, 2.45) is 11.5 Å². The second-order valence-electron chi connectivity index (χ2n) is 6.96. The molecular weight excluding hydrogens is 387 g/mol. The van der Waals surface area contributed by atoms with Gasteiger partial charge in [0.15, 0.2) is 0 Å². The van der Waals surface area contributed by atoms with Gasteiger partial charge in [-0.05, 0) is 39.5 Å². The highest BCUT2D eigenvalue weighted by molar-refractivity contribution is 6.17. The summed E-state index contributed by atoms with van der Waals surface area (Å²) >= 11 is 0. The first-order valence-electron chi connectivity index (χ1n) is 9.41. The maximum absolute atomic E-state index is 12.1. The molecule has 0 aromatic rings. The third-order valence-electron chi connectivity index (χ3n) is 4.45. The van der Waals surface area contributed by atoms with Crippen LogP contribution in [0.4, 0.5) is 0 Å². The molecule has 2 fully saturated rings. The Bertz CT molecular complexity index is 580. The Balaban J connectivity index is 1.80. The first-order chi connectivity index (χ1) is 13.7. The summed E-state index contributed by atoms with van der Waals surface area (Å²) in [6.07, 6.45) is 2.18. The summed E-state index contributed by atoms with van der Waals surface area (Å²) in [5.74, 6) is -3.14. The molecule has 2 rings (SSSR count). The van der Waals surface area contributed by atoms with Gasteiger partial charge in [0.1, 0.15) is 24.2 Å². The van der Waals surface area contributed by atoms with Gasteiger partial charge in [0.05, 0.1) is 0 Å². The molecule has 0 unspecified atom stereocenters. The minimum atomic E-state index is -0.911. The lowest BCUT2D eigenvalue weighted by molar-refractivity contribution is -0.180. The summed E-state index contributed by atoms with van der Waals surface area (Å²) in [4.78, 5) is 47.2. The van der Waals surface area contributed by atoms with Crippen LogP contribution in [-0.2, 0) is 38.2 Å². The summed E-state index contributed by atoms with van der Waals surface area (Å²) in [7, 11) is 0.970. The van der Waals surface area contributed by atoms with Crippen molar-refractivity contribution in [2.75, 3.05) is 13.1 Å².